The Morgan fingerprint density at radius 1 is 0.943 bits per heavy atom. The van der Waals surface area contributed by atoms with Crippen LogP contribution < -0.4 is 28.3 Å². The number of rotatable bonds is 14. The fraction of sp³-hybridized carbons (Fsp3) is 0.360. The first-order valence-electron chi connectivity index (χ1n) is 11.3. The Kier molecular flexibility index (Phi) is 10.7. The number of hydrogen-bond donors (Lipinski definition) is 5. The minimum atomic E-state index is -1.71. The Labute approximate surface area is 210 Å². The minimum absolute atomic E-state index is 0.0483. The Morgan fingerprint density at radius 3 is 2.03 bits per heavy atom. The maximum absolute atomic E-state index is 13.6. The predicted octanol–water partition coefficient (Wildman–Crippen LogP) is 0.617. The fourth-order valence-electron chi connectivity index (χ4n) is 3.86. The Bertz CT molecular complexity index is 1010. The van der Waals surface area contributed by atoms with Gasteiger partial charge in [0.05, 0.1) is 17.8 Å². The van der Waals surface area contributed by atoms with Gasteiger partial charge in [-0.15, -0.1) is 11.6 Å². The summed E-state index contributed by atoms with van der Waals surface area (Å²) >= 11 is 5.78. The van der Waals surface area contributed by atoms with Gasteiger partial charge in [0.25, 0.3) is 0 Å². The van der Waals surface area contributed by atoms with Gasteiger partial charge >= 0.3 is 0 Å². The lowest BCUT2D eigenvalue weighted by atomic mass is 9.75. The zero-order valence-corrected chi connectivity index (χ0v) is 20.3. The Hall–Kier alpha value is -3.43. The smallest absolute Gasteiger partial charge is 0.238 e. The molecule has 0 spiro atoms. The standard InChI is InChI=1S/C25H33ClN6O3/c26-16-21(33)20(12-7-13-31-24(28)29)32-22(34)19(14-17-8-3-1-4-9-17)25(30,23(27)35)15-18-10-5-2-6-11-18/h1-6,8-11,19-20H,7,12-16,30H2,(H2,27,35)(H,32,34)(H4,28,29,31). The highest BCUT2D eigenvalue weighted by molar-refractivity contribution is 6.28. The first kappa shape index (κ1) is 27.8. The molecule has 0 bridgehead atoms. The maximum Gasteiger partial charge on any atom is 0.238 e. The molecule has 0 aliphatic heterocycles. The lowest BCUT2D eigenvalue weighted by Crippen LogP contribution is -2.64. The van der Waals surface area contributed by atoms with E-state index in [4.69, 9.17) is 34.5 Å². The number of carbonyl (C=O) groups excluding carboxylic acids is 3. The number of benzene rings is 2. The highest BCUT2D eigenvalue weighted by Crippen LogP contribution is 2.25. The van der Waals surface area contributed by atoms with Crippen LogP contribution in [0.5, 0.6) is 0 Å². The number of nitrogens with zero attached hydrogens (tertiary/aromatic N) is 1. The van der Waals surface area contributed by atoms with Crippen LogP contribution >= 0.6 is 11.6 Å². The quantitative estimate of drug-likeness (QED) is 0.110. The maximum atomic E-state index is 13.6. The van der Waals surface area contributed by atoms with E-state index in [1.165, 1.54) is 0 Å². The summed E-state index contributed by atoms with van der Waals surface area (Å²) in [5, 5.41) is 2.75. The monoisotopic (exact) mass is 500 g/mol. The van der Waals surface area contributed by atoms with Gasteiger partial charge in [0.2, 0.25) is 11.8 Å². The van der Waals surface area contributed by atoms with Crippen LogP contribution in [0.1, 0.15) is 24.0 Å². The van der Waals surface area contributed by atoms with Crippen LogP contribution in [0.2, 0.25) is 0 Å². The number of ketones is 1. The van der Waals surface area contributed by atoms with Crippen molar-refractivity contribution in [2.24, 2.45) is 33.8 Å². The number of carbonyl (C=O) groups is 3. The van der Waals surface area contributed by atoms with E-state index >= 15 is 0 Å². The number of aliphatic imine (C=N–C) groups is 1. The van der Waals surface area contributed by atoms with Crippen molar-refractivity contribution >= 4 is 35.2 Å². The zero-order valence-electron chi connectivity index (χ0n) is 19.5. The van der Waals surface area contributed by atoms with E-state index in [1.54, 1.807) is 0 Å². The number of guanidine groups is 1. The van der Waals surface area contributed by atoms with Crippen LogP contribution in [0.3, 0.4) is 0 Å². The normalized spacial score (nSPS) is 14.2. The van der Waals surface area contributed by atoms with Crippen LogP contribution in [0.25, 0.3) is 0 Å². The van der Waals surface area contributed by atoms with Crippen molar-refractivity contribution < 1.29 is 14.4 Å². The van der Waals surface area contributed by atoms with Crippen molar-refractivity contribution in [1.82, 2.24) is 5.32 Å². The van der Waals surface area contributed by atoms with Crippen LogP contribution in [0.4, 0.5) is 0 Å². The Balaban J connectivity index is 2.36. The molecule has 0 saturated carbocycles. The number of nitrogens with one attached hydrogen (secondary N) is 1. The van der Waals surface area contributed by atoms with Gasteiger partial charge in [0.1, 0.15) is 5.54 Å². The van der Waals surface area contributed by atoms with E-state index in [1.807, 2.05) is 60.7 Å². The van der Waals surface area contributed by atoms with Gasteiger partial charge in [0.15, 0.2) is 11.7 Å². The summed E-state index contributed by atoms with van der Waals surface area (Å²) in [5.74, 6) is -3.14. The second-order valence-electron chi connectivity index (χ2n) is 8.42. The van der Waals surface area contributed by atoms with E-state index in [9.17, 15) is 14.4 Å². The van der Waals surface area contributed by atoms with Crippen molar-refractivity contribution in [1.29, 1.82) is 0 Å². The lowest BCUT2D eigenvalue weighted by Gasteiger charge is -2.35. The van der Waals surface area contributed by atoms with Gasteiger partial charge in [-0.3, -0.25) is 19.4 Å². The number of nitrogens with two attached hydrogens (primary N) is 4. The van der Waals surface area contributed by atoms with Gasteiger partial charge < -0.3 is 28.3 Å². The van der Waals surface area contributed by atoms with Crippen molar-refractivity contribution in [2.75, 3.05) is 12.4 Å². The number of hydrogen-bond acceptors (Lipinski definition) is 5. The molecule has 0 aliphatic carbocycles. The van der Waals surface area contributed by atoms with E-state index in [2.05, 4.69) is 10.3 Å². The average Bonchev–Trinajstić information content (AvgIpc) is 2.84. The molecule has 35 heavy (non-hydrogen) atoms. The van der Waals surface area contributed by atoms with Crippen molar-refractivity contribution in [3.05, 3.63) is 71.8 Å². The van der Waals surface area contributed by atoms with E-state index in [-0.39, 0.29) is 43.4 Å². The lowest BCUT2D eigenvalue weighted by molar-refractivity contribution is -0.136. The number of primary amides is 1. The molecule has 0 saturated heterocycles. The molecule has 2 aromatic carbocycles. The number of alkyl halides is 1. The first-order chi connectivity index (χ1) is 16.7. The van der Waals surface area contributed by atoms with Crippen LogP contribution in [0, 0.1) is 5.92 Å². The van der Waals surface area contributed by atoms with Gasteiger partial charge in [0, 0.05) is 13.0 Å². The largest absolute Gasteiger partial charge is 0.370 e. The molecule has 3 unspecified atom stereocenters. The van der Waals surface area contributed by atoms with Gasteiger partial charge in [-0.25, -0.2) is 0 Å². The fourth-order valence-corrected chi connectivity index (χ4v) is 4.04. The molecule has 2 aromatic rings. The molecule has 0 fully saturated rings. The summed E-state index contributed by atoms with van der Waals surface area (Å²) in [7, 11) is 0. The summed E-state index contributed by atoms with van der Waals surface area (Å²) in [6.07, 6.45) is 0.892. The SMILES string of the molecule is NC(=O)C(N)(Cc1ccccc1)C(Cc1ccccc1)C(=O)NC(CCCN=C(N)N)C(=O)CCl. The second kappa shape index (κ2) is 13.5. The third kappa shape index (κ3) is 8.38. The van der Waals surface area contributed by atoms with Crippen molar-refractivity contribution in [2.45, 2.75) is 37.3 Å². The number of Topliss-reactive ketones (excluding diaryl/α,β-unsaturated/α-hetero) is 1. The predicted molar refractivity (Wildman–Crippen MR) is 137 cm³/mol. The Morgan fingerprint density at radius 2 is 1.51 bits per heavy atom. The molecule has 2 amide bonds. The first-order valence-corrected chi connectivity index (χ1v) is 11.8. The summed E-state index contributed by atoms with van der Waals surface area (Å²) < 4.78 is 0. The highest BCUT2D eigenvalue weighted by atomic mass is 35.5. The van der Waals surface area contributed by atoms with E-state index in [0.29, 0.717) is 6.42 Å². The number of amides is 2. The highest BCUT2D eigenvalue weighted by Gasteiger charge is 2.45. The van der Waals surface area contributed by atoms with E-state index in [0.717, 1.165) is 11.1 Å². The molecular weight excluding hydrogens is 468 g/mol. The van der Waals surface area contributed by atoms with Crippen LogP contribution in [0.15, 0.2) is 65.7 Å². The molecule has 0 radical (unpaired) electrons. The summed E-state index contributed by atoms with van der Waals surface area (Å²) in [4.78, 5) is 42.7. The van der Waals surface area contributed by atoms with Gasteiger partial charge in [-0.05, 0) is 30.4 Å². The van der Waals surface area contributed by atoms with Gasteiger partial charge in [-0.1, -0.05) is 60.7 Å². The molecule has 9 nitrogen and oxygen atoms in total. The summed E-state index contributed by atoms with van der Waals surface area (Å²) in [5.41, 5.74) is 22.9. The molecule has 2 rings (SSSR count). The molecule has 10 heteroatoms. The van der Waals surface area contributed by atoms with Crippen LogP contribution in [-0.2, 0) is 27.2 Å². The molecule has 0 aliphatic rings. The number of halogens is 1. The third-order valence-corrected chi connectivity index (χ3v) is 6.06. The third-order valence-electron chi connectivity index (χ3n) is 5.80. The topological polar surface area (TPSA) is 180 Å². The van der Waals surface area contributed by atoms with Crippen molar-refractivity contribution in [3.8, 4) is 0 Å². The second-order valence-corrected chi connectivity index (χ2v) is 8.69. The molecule has 188 valence electrons. The summed E-state index contributed by atoms with van der Waals surface area (Å²) in [6.45, 7) is 0.286. The van der Waals surface area contributed by atoms with Gasteiger partial charge in [-0.2, -0.15) is 0 Å². The molecule has 0 aromatic heterocycles. The van der Waals surface area contributed by atoms with E-state index < -0.39 is 29.3 Å². The molecular formula is C25H33ClN6O3. The molecule has 9 N–H and O–H groups in total. The van der Waals surface area contributed by atoms with Crippen LogP contribution in [-0.4, -0.2) is 47.6 Å². The average molecular weight is 501 g/mol. The van der Waals surface area contributed by atoms with Crippen molar-refractivity contribution in [3.63, 3.8) is 0 Å². The molecule has 3 atom stereocenters. The zero-order chi connectivity index (χ0) is 25.8. The minimum Gasteiger partial charge on any atom is -0.370 e. The molecule has 0 heterocycles. The summed E-state index contributed by atoms with van der Waals surface area (Å²) in [6, 6.07) is 17.4.